The second kappa shape index (κ2) is 5.14. The second-order valence-corrected chi connectivity index (χ2v) is 6.36. The van der Waals surface area contributed by atoms with Gasteiger partial charge in [-0.2, -0.15) is 0 Å². The zero-order valence-electron chi connectivity index (χ0n) is 12.5. The van der Waals surface area contributed by atoms with E-state index in [9.17, 15) is 5.11 Å². The molecule has 108 valence electrons. The number of benzene rings is 3. The first-order chi connectivity index (χ1) is 10.0. The number of nitrogens with two attached hydrogens (primary N) is 1. The van der Waals surface area contributed by atoms with Crippen LogP contribution in [0.15, 0.2) is 54.6 Å². The van der Waals surface area contributed by atoms with E-state index in [4.69, 9.17) is 5.73 Å². The first kappa shape index (κ1) is 14.1. The number of hydrogen-bond donors (Lipinski definition) is 2. The van der Waals surface area contributed by atoms with Crippen molar-refractivity contribution in [2.45, 2.75) is 19.9 Å². The van der Waals surface area contributed by atoms with Crippen LogP contribution < -0.4 is 5.73 Å². The van der Waals surface area contributed by atoms with E-state index in [1.54, 1.807) is 0 Å². The third-order valence-electron chi connectivity index (χ3n) is 4.37. The molecule has 0 saturated carbocycles. The Morgan fingerprint density at radius 1 is 0.952 bits per heavy atom. The molecule has 0 aromatic heterocycles. The summed E-state index contributed by atoms with van der Waals surface area (Å²) >= 11 is 0. The first-order valence-corrected chi connectivity index (χ1v) is 7.31. The highest BCUT2D eigenvalue weighted by molar-refractivity contribution is 6.02. The van der Waals surface area contributed by atoms with Gasteiger partial charge in [0.05, 0.1) is 0 Å². The van der Waals surface area contributed by atoms with Gasteiger partial charge in [-0.25, -0.2) is 0 Å². The Morgan fingerprint density at radius 2 is 1.43 bits per heavy atom. The molecule has 0 heterocycles. The summed E-state index contributed by atoms with van der Waals surface area (Å²) in [6.45, 7) is 4.08. The van der Waals surface area contributed by atoms with E-state index in [0.717, 1.165) is 5.56 Å². The average molecular weight is 279 g/mol. The molecular formula is C19H21NO. The summed E-state index contributed by atoms with van der Waals surface area (Å²) in [4.78, 5) is 0. The summed E-state index contributed by atoms with van der Waals surface area (Å²) < 4.78 is 0. The number of aliphatic hydroxyl groups excluding tert-OH is 1. The predicted octanol–water partition coefficient (Wildman–Crippen LogP) is 4.01. The molecule has 0 amide bonds. The molecule has 0 fully saturated rings. The van der Waals surface area contributed by atoms with Crippen LogP contribution in [0, 0.1) is 5.41 Å². The highest BCUT2D eigenvalue weighted by Crippen LogP contribution is 2.39. The second-order valence-electron chi connectivity index (χ2n) is 6.36. The number of fused-ring (bicyclic) bond motifs is 2. The van der Waals surface area contributed by atoms with Crippen molar-refractivity contribution in [1.82, 2.24) is 0 Å². The molecule has 0 radical (unpaired) electrons. The van der Waals surface area contributed by atoms with Gasteiger partial charge in [-0.15, -0.1) is 0 Å². The Hall–Kier alpha value is -1.90. The molecule has 0 aliphatic carbocycles. The molecular weight excluding hydrogens is 258 g/mol. The number of aliphatic hydroxyl groups is 1. The van der Waals surface area contributed by atoms with E-state index in [1.807, 2.05) is 38.1 Å². The van der Waals surface area contributed by atoms with Gasteiger partial charge in [0.2, 0.25) is 0 Å². The van der Waals surface area contributed by atoms with Crippen molar-refractivity contribution in [3.05, 3.63) is 60.2 Å². The lowest BCUT2D eigenvalue weighted by molar-refractivity contribution is 0.133. The van der Waals surface area contributed by atoms with Gasteiger partial charge in [0.1, 0.15) is 0 Å². The molecule has 0 saturated heterocycles. The molecule has 3 aromatic rings. The normalized spacial score (nSPS) is 13.7. The average Bonchev–Trinajstić information content (AvgIpc) is 2.51. The van der Waals surface area contributed by atoms with Crippen molar-refractivity contribution in [1.29, 1.82) is 0 Å². The van der Waals surface area contributed by atoms with Crippen LogP contribution in [-0.2, 0) is 0 Å². The van der Waals surface area contributed by atoms with Gasteiger partial charge in [-0.3, -0.25) is 0 Å². The summed E-state index contributed by atoms with van der Waals surface area (Å²) in [6.07, 6.45) is 0. The van der Waals surface area contributed by atoms with Crippen LogP contribution in [-0.4, -0.2) is 11.7 Å². The van der Waals surface area contributed by atoms with Crippen molar-refractivity contribution < 1.29 is 5.11 Å². The SMILES string of the molecule is CC(C)(CO)[C@@H](N)c1c2ccccc2cc2ccccc12. The Morgan fingerprint density at radius 3 is 1.90 bits per heavy atom. The van der Waals surface area contributed by atoms with Crippen LogP contribution in [0.25, 0.3) is 21.5 Å². The minimum absolute atomic E-state index is 0.0612. The molecule has 3 N–H and O–H groups in total. The maximum absolute atomic E-state index is 9.69. The maximum Gasteiger partial charge on any atom is 0.0500 e. The monoisotopic (exact) mass is 279 g/mol. The molecule has 2 nitrogen and oxygen atoms in total. The quantitative estimate of drug-likeness (QED) is 0.711. The molecule has 21 heavy (non-hydrogen) atoms. The summed E-state index contributed by atoms with van der Waals surface area (Å²) in [5, 5.41) is 14.4. The van der Waals surface area contributed by atoms with Crippen LogP contribution in [0.5, 0.6) is 0 Å². The van der Waals surface area contributed by atoms with Crippen LogP contribution in [0.1, 0.15) is 25.5 Å². The van der Waals surface area contributed by atoms with Crippen molar-refractivity contribution in [2.75, 3.05) is 6.61 Å². The van der Waals surface area contributed by atoms with E-state index in [2.05, 4.69) is 30.3 Å². The van der Waals surface area contributed by atoms with Crippen molar-refractivity contribution >= 4 is 21.5 Å². The molecule has 3 aromatic carbocycles. The Balaban J connectivity index is 2.40. The molecule has 0 aliphatic rings. The van der Waals surface area contributed by atoms with E-state index >= 15 is 0 Å². The largest absolute Gasteiger partial charge is 0.396 e. The van der Waals surface area contributed by atoms with Crippen molar-refractivity contribution in [2.24, 2.45) is 11.1 Å². The topological polar surface area (TPSA) is 46.2 Å². The molecule has 1 atom stereocenters. The summed E-state index contributed by atoms with van der Waals surface area (Å²) in [7, 11) is 0. The fourth-order valence-electron chi connectivity index (χ4n) is 2.87. The van der Waals surface area contributed by atoms with Crippen molar-refractivity contribution in [3.8, 4) is 0 Å². The van der Waals surface area contributed by atoms with Gasteiger partial charge in [-0.05, 0) is 33.2 Å². The lowest BCUT2D eigenvalue weighted by Crippen LogP contribution is -2.32. The van der Waals surface area contributed by atoms with Crippen LogP contribution in [0.4, 0.5) is 0 Å². The molecule has 2 heteroatoms. The van der Waals surface area contributed by atoms with Gasteiger partial charge in [0.25, 0.3) is 0 Å². The summed E-state index contributed by atoms with van der Waals surface area (Å²) in [5.74, 6) is 0. The Labute approximate surface area is 125 Å². The van der Waals surface area contributed by atoms with Crippen LogP contribution in [0.3, 0.4) is 0 Å². The zero-order valence-corrected chi connectivity index (χ0v) is 12.5. The van der Waals surface area contributed by atoms with E-state index in [1.165, 1.54) is 21.5 Å². The van der Waals surface area contributed by atoms with Crippen LogP contribution >= 0.6 is 0 Å². The van der Waals surface area contributed by atoms with Gasteiger partial charge in [-0.1, -0.05) is 62.4 Å². The minimum atomic E-state index is -0.368. The maximum atomic E-state index is 9.69. The Kier molecular flexibility index (Phi) is 3.44. The van der Waals surface area contributed by atoms with Gasteiger partial charge in [0.15, 0.2) is 0 Å². The summed E-state index contributed by atoms with van der Waals surface area (Å²) in [5.41, 5.74) is 7.31. The van der Waals surface area contributed by atoms with E-state index in [-0.39, 0.29) is 18.1 Å². The van der Waals surface area contributed by atoms with E-state index in [0.29, 0.717) is 0 Å². The standard InChI is InChI=1S/C19H21NO/c1-19(2,12-21)18(20)17-15-9-5-3-7-13(15)11-14-8-4-6-10-16(14)17/h3-11,18,21H,12,20H2,1-2H3/t18-/m0/s1. The summed E-state index contributed by atoms with van der Waals surface area (Å²) in [6, 6.07) is 18.6. The fraction of sp³-hybridized carbons (Fsp3) is 0.263. The molecule has 0 aliphatic heterocycles. The number of hydrogen-bond acceptors (Lipinski definition) is 2. The third-order valence-corrected chi connectivity index (χ3v) is 4.37. The highest BCUT2D eigenvalue weighted by atomic mass is 16.3. The lowest BCUT2D eigenvalue weighted by atomic mass is 9.78. The van der Waals surface area contributed by atoms with Gasteiger partial charge >= 0.3 is 0 Å². The predicted molar refractivity (Wildman–Crippen MR) is 89.2 cm³/mol. The number of rotatable bonds is 3. The highest BCUT2D eigenvalue weighted by Gasteiger charge is 2.29. The lowest BCUT2D eigenvalue weighted by Gasteiger charge is -2.31. The molecule has 0 unspecified atom stereocenters. The van der Waals surface area contributed by atoms with Gasteiger partial charge in [0, 0.05) is 18.1 Å². The third kappa shape index (κ3) is 2.31. The fourth-order valence-corrected chi connectivity index (χ4v) is 2.87. The van der Waals surface area contributed by atoms with E-state index < -0.39 is 0 Å². The Bertz CT molecular complexity index is 738. The molecule has 0 spiro atoms. The molecule has 0 bridgehead atoms. The first-order valence-electron chi connectivity index (χ1n) is 7.31. The smallest absolute Gasteiger partial charge is 0.0500 e. The molecule has 3 rings (SSSR count). The van der Waals surface area contributed by atoms with Crippen LogP contribution in [0.2, 0.25) is 0 Å². The van der Waals surface area contributed by atoms with Crippen molar-refractivity contribution in [3.63, 3.8) is 0 Å². The van der Waals surface area contributed by atoms with Gasteiger partial charge < -0.3 is 10.8 Å². The minimum Gasteiger partial charge on any atom is -0.396 e. The zero-order chi connectivity index (χ0) is 15.0.